The summed E-state index contributed by atoms with van der Waals surface area (Å²) < 4.78 is 13.3. The molecule has 0 bridgehead atoms. The molecule has 0 unspecified atom stereocenters. The lowest BCUT2D eigenvalue weighted by Crippen LogP contribution is -2.56. The second kappa shape index (κ2) is 4.94. The largest absolute Gasteiger partial charge is 0.371 e. The first kappa shape index (κ1) is 12.8. The SMILES string of the molecule is Cc1cc(F)cc(NC2(C(N)=O)CCNCC2)c1. The fourth-order valence-corrected chi connectivity index (χ4v) is 2.37. The fourth-order valence-electron chi connectivity index (χ4n) is 2.37. The average molecular weight is 251 g/mol. The van der Waals surface area contributed by atoms with Gasteiger partial charge in [-0.05, 0) is 56.6 Å². The van der Waals surface area contributed by atoms with Crippen molar-refractivity contribution in [3.8, 4) is 0 Å². The second-order valence-corrected chi connectivity index (χ2v) is 4.84. The minimum Gasteiger partial charge on any atom is -0.371 e. The van der Waals surface area contributed by atoms with E-state index in [2.05, 4.69) is 10.6 Å². The Hall–Kier alpha value is -1.62. The number of halogens is 1. The number of hydrogen-bond acceptors (Lipinski definition) is 3. The van der Waals surface area contributed by atoms with Crippen LogP contribution < -0.4 is 16.4 Å². The highest BCUT2D eigenvalue weighted by Gasteiger charge is 2.37. The van der Waals surface area contributed by atoms with Gasteiger partial charge in [-0.2, -0.15) is 0 Å². The van der Waals surface area contributed by atoms with Crippen LogP contribution >= 0.6 is 0 Å². The Bertz CT molecular complexity index is 435. The molecular weight excluding hydrogens is 233 g/mol. The van der Waals surface area contributed by atoms with Crippen LogP contribution in [0.1, 0.15) is 18.4 Å². The van der Waals surface area contributed by atoms with E-state index in [4.69, 9.17) is 5.73 Å². The molecule has 0 aromatic heterocycles. The summed E-state index contributed by atoms with van der Waals surface area (Å²) in [6, 6.07) is 4.65. The van der Waals surface area contributed by atoms with Crippen LogP contribution in [0.25, 0.3) is 0 Å². The van der Waals surface area contributed by atoms with Crippen LogP contribution in [0.5, 0.6) is 0 Å². The third-order valence-electron chi connectivity index (χ3n) is 3.35. The molecule has 0 saturated carbocycles. The van der Waals surface area contributed by atoms with Crippen molar-refractivity contribution in [3.05, 3.63) is 29.6 Å². The molecule has 1 aromatic rings. The van der Waals surface area contributed by atoms with Gasteiger partial charge >= 0.3 is 0 Å². The predicted octanol–water partition coefficient (Wildman–Crippen LogP) is 1.15. The lowest BCUT2D eigenvalue weighted by Gasteiger charge is -2.36. The van der Waals surface area contributed by atoms with Crippen molar-refractivity contribution in [1.29, 1.82) is 0 Å². The van der Waals surface area contributed by atoms with Gasteiger partial charge < -0.3 is 16.4 Å². The molecule has 2 rings (SSSR count). The molecule has 4 N–H and O–H groups in total. The lowest BCUT2D eigenvalue weighted by molar-refractivity contribution is -0.123. The summed E-state index contributed by atoms with van der Waals surface area (Å²) in [6.45, 7) is 3.27. The molecule has 0 aliphatic carbocycles. The number of piperidine rings is 1. The van der Waals surface area contributed by atoms with E-state index < -0.39 is 5.54 Å². The minimum absolute atomic E-state index is 0.314. The van der Waals surface area contributed by atoms with Gasteiger partial charge in [0.05, 0.1) is 0 Å². The standard InChI is InChI=1S/C13H18FN3O/c1-9-6-10(14)8-11(7-9)17-13(12(15)18)2-4-16-5-3-13/h6-8,16-17H,2-5H2,1H3,(H2,15,18). The third kappa shape index (κ3) is 2.61. The number of nitrogens with one attached hydrogen (secondary N) is 2. The molecule has 5 heteroatoms. The highest BCUT2D eigenvalue weighted by Crippen LogP contribution is 2.25. The Morgan fingerprint density at radius 2 is 2.06 bits per heavy atom. The maximum absolute atomic E-state index is 13.3. The van der Waals surface area contributed by atoms with Crippen LogP contribution in [0.4, 0.5) is 10.1 Å². The third-order valence-corrected chi connectivity index (χ3v) is 3.35. The predicted molar refractivity (Wildman–Crippen MR) is 68.8 cm³/mol. The Balaban J connectivity index is 2.25. The van der Waals surface area contributed by atoms with Crippen molar-refractivity contribution in [3.63, 3.8) is 0 Å². The van der Waals surface area contributed by atoms with Crippen molar-refractivity contribution in [2.45, 2.75) is 25.3 Å². The summed E-state index contributed by atoms with van der Waals surface area (Å²) in [5.74, 6) is -0.697. The molecule has 1 aromatic carbocycles. The summed E-state index contributed by atoms with van der Waals surface area (Å²) in [6.07, 6.45) is 1.22. The topological polar surface area (TPSA) is 67.1 Å². The molecule has 1 amide bonds. The van der Waals surface area contributed by atoms with Gasteiger partial charge in [-0.3, -0.25) is 4.79 Å². The number of primary amides is 1. The smallest absolute Gasteiger partial charge is 0.243 e. The van der Waals surface area contributed by atoms with Gasteiger partial charge in [-0.15, -0.1) is 0 Å². The molecule has 98 valence electrons. The van der Waals surface area contributed by atoms with Crippen LogP contribution in [0, 0.1) is 12.7 Å². The summed E-state index contributed by atoms with van der Waals surface area (Å²) in [7, 11) is 0. The first-order chi connectivity index (χ1) is 8.52. The molecule has 1 fully saturated rings. The average Bonchev–Trinajstić information content (AvgIpc) is 2.28. The van der Waals surface area contributed by atoms with Crippen LogP contribution in [-0.2, 0) is 4.79 Å². The number of carbonyl (C=O) groups excluding carboxylic acids is 1. The summed E-state index contributed by atoms with van der Waals surface area (Å²) in [4.78, 5) is 11.7. The monoisotopic (exact) mass is 251 g/mol. The zero-order valence-electron chi connectivity index (χ0n) is 10.4. The number of benzene rings is 1. The number of nitrogens with two attached hydrogens (primary N) is 1. The van der Waals surface area contributed by atoms with Crippen molar-refractivity contribution < 1.29 is 9.18 Å². The molecule has 1 aliphatic heterocycles. The molecule has 1 heterocycles. The number of aryl methyl sites for hydroxylation is 1. The Kier molecular flexibility index (Phi) is 3.52. The van der Waals surface area contributed by atoms with E-state index in [1.165, 1.54) is 12.1 Å². The van der Waals surface area contributed by atoms with Crippen LogP contribution in [0.2, 0.25) is 0 Å². The number of carbonyl (C=O) groups is 1. The zero-order valence-corrected chi connectivity index (χ0v) is 10.4. The molecule has 4 nitrogen and oxygen atoms in total. The molecule has 1 aliphatic rings. The normalized spacial score (nSPS) is 18.3. The maximum Gasteiger partial charge on any atom is 0.243 e. The molecular formula is C13H18FN3O. The zero-order chi connectivity index (χ0) is 13.2. The highest BCUT2D eigenvalue weighted by atomic mass is 19.1. The first-order valence-corrected chi connectivity index (χ1v) is 6.08. The first-order valence-electron chi connectivity index (χ1n) is 6.08. The van der Waals surface area contributed by atoms with Crippen LogP contribution in [0.15, 0.2) is 18.2 Å². The van der Waals surface area contributed by atoms with Crippen LogP contribution in [0.3, 0.4) is 0 Å². The molecule has 0 radical (unpaired) electrons. The van der Waals surface area contributed by atoms with E-state index in [0.717, 1.165) is 18.7 Å². The number of hydrogen-bond donors (Lipinski definition) is 3. The van der Waals surface area contributed by atoms with E-state index in [9.17, 15) is 9.18 Å². The quantitative estimate of drug-likeness (QED) is 0.755. The van der Waals surface area contributed by atoms with E-state index in [0.29, 0.717) is 18.5 Å². The molecule has 0 spiro atoms. The number of anilines is 1. The van der Waals surface area contributed by atoms with E-state index in [1.807, 2.05) is 13.0 Å². The highest BCUT2D eigenvalue weighted by molar-refractivity contribution is 5.88. The Morgan fingerprint density at radius 3 is 2.61 bits per heavy atom. The van der Waals surface area contributed by atoms with Crippen molar-refractivity contribution in [1.82, 2.24) is 5.32 Å². The molecule has 18 heavy (non-hydrogen) atoms. The molecule has 1 saturated heterocycles. The summed E-state index contributed by atoms with van der Waals surface area (Å²) in [5.41, 5.74) is 6.15. The number of amides is 1. The summed E-state index contributed by atoms with van der Waals surface area (Å²) in [5, 5.41) is 6.30. The van der Waals surface area contributed by atoms with E-state index >= 15 is 0 Å². The Morgan fingerprint density at radius 1 is 1.39 bits per heavy atom. The van der Waals surface area contributed by atoms with Gasteiger partial charge in [0.1, 0.15) is 11.4 Å². The van der Waals surface area contributed by atoms with E-state index in [-0.39, 0.29) is 11.7 Å². The minimum atomic E-state index is -0.772. The van der Waals surface area contributed by atoms with Gasteiger partial charge in [0.15, 0.2) is 0 Å². The van der Waals surface area contributed by atoms with Crippen molar-refractivity contribution >= 4 is 11.6 Å². The number of rotatable bonds is 3. The second-order valence-electron chi connectivity index (χ2n) is 4.84. The van der Waals surface area contributed by atoms with Gasteiger partial charge in [-0.25, -0.2) is 4.39 Å². The van der Waals surface area contributed by atoms with Crippen molar-refractivity contribution in [2.24, 2.45) is 5.73 Å². The van der Waals surface area contributed by atoms with Gasteiger partial charge in [0.25, 0.3) is 0 Å². The van der Waals surface area contributed by atoms with Crippen LogP contribution in [-0.4, -0.2) is 24.5 Å². The van der Waals surface area contributed by atoms with Gasteiger partial charge in [0.2, 0.25) is 5.91 Å². The fraction of sp³-hybridized carbons (Fsp3) is 0.462. The van der Waals surface area contributed by atoms with E-state index in [1.54, 1.807) is 0 Å². The maximum atomic E-state index is 13.3. The van der Waals surface area contributed by atoms with Crippen molar-refractivity contribution in [2.75, 3.05) is 18.4 Å². The molecule has 0 atom stereocenters. The summed E-state index contributed by atoms with van der Waals surface area (Å²) >= 11 is 0. The van der Waals surface area contributed by atoms with Gasteiger partial charge in [-0.1, -0.05) is 0 Å². The van der Waals surface area contributed by atoms with Gasteiger partial charge in [0, 0.05) is 5.69 Å². The Labute approximate surface area is 106 Å². The lowest BCUT2D eigenvalue weighted by atomic mass is 9.87.